The van der Waals surface area contributed by atoms with Crippen LogP contribution in [0.2, 0.25) is 5.02 Å². The lowest BCUT2D eigenvalue weighted by Gasteiger charge is -2.31. The van der Waals surface area contributed by atoms with Crippen LogP contribution in [-0.2, 0) is 24.7 Å². The SMILES string of the molecule is CCC(C)N1C(=O)[C@@H]2C(CCC(=O)O)NC3(C(=O)Nc4ccc(Cl)cc43)[C@@H]2C1=O. The lowest BCUT2D eigenvalue weighted by atomic mass is 9.76. The smallest absolute Gasteiger partial charge is 0.303 e. The number of carbonyl (C=O) groups excluding carboxylic acids is 3. The molecule has 2 fully saturated rings. The molecule has 154 valence electrons. The number of hydrogen-bond acceptors (Lipinski definition) is 5. The van der Waals surface area contributed by atoms with Crippen LogP contribution in [0.1, 0.15) is 38.7 Å². The number of carbonyl (C=O) groups is 4. The molecule has 3 heterocycles. The first kappa shape index (κ1) is 19.8. The Balaban J connectivity index is 1.85. The molecule has 3 N–H and O–H groups in total. The Morgan fingerprint density at radius 2 is 2.03 bits per heavy atom. The molecule has 0 aromatic heterocycles. The maximum Gasteiger partial charge on any atom is 0.303 e. The van der Waals surface area contributed by atoms with Gasteiger partial charge in [0.25, 0.3) is 0 Å². The third kappa shape index (κ3) is 2.69. The van der Waals surface area contributed by atoms with Crippen LogP contribution < -0.4 is 10.6 Å². The van der Waals surface area contributed by atoms with E-state index in [1.165, 1.54) is 4.90 Å². The second-order valence-corrected chi connectivity index (χ2v) is 8.38. The zero-order chi connectivity index (χ0) is 21.1. The second-order valence-electron chi connectivity index (χ2n) is 7.94. The van der Waals surface area contributed by atoms with Gasteiger partial charge in [-0.1, -0.05) is 18.5 Å². The lowest BCUT2D eigenvalue weighted by Crippen LogP contribution is -2.54. The molecule has 3 aliphatic rings. The van der Waals surface area contributed by atoms with Crippen LogP contribution in [0.25, 0.3) is 0 Å². The number of nitrogens with one attached hydrogen (secondary N) is 2. The predicted octanol–water partition coefficient (Wildman–Crippen LogP) is 1.72. The topological polar surface area (TPSA) is 116 Å². The highest BCUT2D eigenvalue weighted by atomic mass is 35.5. The van der Waals surface area contributed by atoms with Crippen molar-refractivity contribution < 1.29 is 24.3 Å². The van der Waals surface area contributed by atoms with E-state index in [0.717, 1.165) is 0 Å². The molecule has 3 unspecified atom stereocenters. The summed E-state index contributed by atoms with van der Waals surface area (Å²) in [6.07, 6.45) is 0.548. The molecule has 5 atom stereocenters. The van der Waals surface area contributed by atoms with Crippen molar-refractivity contribution in [3.05, 3.63) is 28.8 Å². The normalized spacial score (nSPS) is 31.2. The number of nitrogens with zero attached hydrogens (tertiary/aromatic N) is 1. The zero-order valence-corrected chi connectivity index (χ0v) is 16.8. The third-order valence-corrected chi connectivity index (χ3v) is 6.65. The minimum Gasteiger partial charge on any atom is -0.481 e. The number of anilines is 1. The summed E-state index contributed by atoms with van der Waals surface area (Å²) in [5.41, 5.74) is -0.384. The largest absolute Gasteiger partial charge is 0.481 e. The predicted molar refractivity (Wildman–Crippen MR) is 104 cm³/mol. The van der Waals surface area contributed by atoms with Gasteiger partial charge >= 0.3 is 5.97 Å². The molecule has 9 heteroatoms. The number of imide groups is 1. The van der Waals surface area contributed by atoms with Crippen LogP contribution in [0.3, 0.4) is 0 Å². The summed E-state index contributed by atoms with van der Waals surface area (Å²) >= 11 is 6.17. The minimum absolute atomic E-state index is 0.134. The molecule has 29 heavy (non-hydrogen) atoms. The molecule has 3 amide bonds. The first-order valence-corrected chi connectivity index (χ1v) is 10.1. The number of rotatable bonds is 5. The van der Waals surface area contributed by atoms with Crippen LogP contribution in [0.4, 0.5) is 5.69 Å². The van der Waals surface area contributed by atoms with Gasteiger partial charge < -0.3 is 10.4 Å². The Hall–Kier alpha value is -2.45. The Kier molecular flexibility index (Phi) is 4.66. The third-order valence-electron chi connectivity index (χ3n) is 6.41. The fourth-order valence-corrected chi connectivity index (χ4v) is 5.11. The van der Waals surface area contributed by atoms with Crippen molar-refractivity contribution in [2.24, 2.45) is 11.8 Å². The van der Waals surface area contributed by atoms with Crippen LogP contribution in [-0.4, -0.2) is 45.8 Å². The Morgan fingerprint density at radius 3 is 2.69 bits per heavy atom. The summed E-state index contributed by atoms with van der Waals surface area (Å²) in [6.45, 7) is 3.68. The van der Waals surface area contributed by atoms with Gasteiger partial charge in [0.1, 0.15) is 5.54 Å². The number of carboxylic acids is 1. The minimum atomic E-state index is -1.44. The Labute approximate surface area is 172 Å². The number of carboxylic acid groups (broad SMARTS) is 1. The van der Waals surface area contributed by atoms with Gasteiger partial charge in [-0.3, -0.25) is 29.4 Å². The number of benzene rings is 1. The van der Waals surface area contributed by atoms with E-state index >= 15 is 0 Å². The number of amides is 3. The molecule has 1 spiro atoms. The van der Waals surface area contributed by atoms with Gasteiger partial charge in [0.15, 0.2) is 0 Å². The second kappa shape index (κ2) is 6.81. The van der Waals surface area contributed by atoms with Crippen molar-refractivity contribution in [3.8, 4) is 0 Å². The Morgan fingerprint density at radius 1 is 1.31 bits per heavy atom. The summed E-state index contributed by atoms with van der Waals surface area (Å²) in [5.74, 6) is -3.91. The number of halogens is 1. The van der Waals surface area contributed by atoms with Crippen LogP contribution in [0.5, 0.6) is 0 Å². The van der Waals surface area contributed by atoms with Gasteiger partial charge in [-0.05, 0) is 38.0 Å². The number of likely N-dealkylation sites (tertiary alicyclic amines) is 1. The lowest BCUT2D eigenvalue weighted by molar-refractivity contribution is -0.145. The summed E-state index contributed by atoms with van der Waals surface area (Å²) in [4.78, 5) is 52.2. The molecular weight excluding hydrogens is 398 g/mol. The van der Waals surface area contributed by atoms with Crippen molar-refractivity contribution in [2.45, 2.75) is 50.7 Å². The standard InChI is InChI=1S/C20H22ClN3O5/c1-3-9(2)24-17(27)15-13(6-7-14(25)26)23-20(16(15)18(24)28)11-8-10(21)4-5-12(11)22-19(20)29/h4-5,8-9,13,15-16,23H,3,6-7H2,1-2H3,(H,22,29)(H,25,26)/t9?,13?,15-,16+,20?/m1/s1. The van der Waals surface area contributed by atoms with E-state index in [2.05, 4.69) is 10.6 Å². The fourth-order valence-electron chi connectivity index (χ4n) is 4.94. The van der Waals surface area contributed by atoms with Crippen molar-refractivity contribution in [3.63, 3.8) is 0 Å². The quantitative estimate of drug-likeness (QED) is 0.626. The maximum atomic E-state index is 13.4. The van der Waals surface area contributed by atoms with Gasteiger partial charge in [-0.25, -0.2) is 0 Å². The first-order chi connectivity index (χ1) is 13.7. The summed E-state index contributed by atoms with van der Waals surface area (Å²) in [6, 6.07) is 4.01. The van der Waals surface area contributed by atoms with Crippen molar-refractivity contribution in [1.82, 2.24) is 10.2 Å². The molecule has 0 saturated carbocycles. The van der Waals surface area contributed by atoms with Gasteiger partial charge in [0.05, 0.1) is 11.8 Å². The highest BCUT2D eigenvalue weighted by molar-refractivity contribution is 6.31. The molecule has 0 aliphatic carbocycles. The molecule has 1 aromatic carbocycles. The number of hydrogen-bond donors (Lipinski definition) is 3. The molecule has 3 aliphatic heterocycles. The number of aliphatic carboxylic acids is 1. The fraction of sp³-hybridized carbons (Fsp3) is 0.500. The summed E-state index contributed by atoms with van der Waals surface area (Å²) < 4.78 is 0. The van der Waals surface area contributed by atoms with Crippen LogP contribution in [0.15, 0.2) is 18.2 Å². The van der Waals surface area contributed by atoms with E-state index < -0.39 is 41.2 Å². The molecule has 8 nitrogen and oxygen atoms in total. The molecule has 0 bridgehead atoms. The van der Waals surface area contributed by atoms with E-state index in [-0.39, 0.29) is 24.8 Å². The highest BCUT2D eigenvalue weighted by Gasteiger charge is 2.70. The molecule has 1 aromatic rings. The first-order valence-electron chi connectivity index (χ1n) is 9.70. The molecule has 4 rings (SSSR count). The Bertz CT molecular complexity index is 935. The average molecular weight is 420 g/mol. The van der Waals surface area contributed by atoms with E-state index in [1.807, 2.05) is 6.92 Å². The molecular formula is C20H22ClN3O5. The van der Waals surface area contributed by atoms with Gasteiger partial charge in [0, 0.05) is 34.8 Å². The zero-order valence-electron chi connectivity index (χ0n) is 16.1. The highest BCUT2D eigenvalue weighted by Crippen LogP contribution is 2.54. The monoisotopic (exact) mass is 419 g/mol. The van der Waals surface area contributed by atoms with Gasteiger partial charge in [-0.2, -0.15) is 0 Å². The summed E-state index contributed by atoms with van der Waals surface area (Å²) in [7, 11) is 0. The number of fused-ring (bicyclic) bond motifs is 4. The van der Waals surface area contributed by atoms with Crippen molar-refractivity contribution in [1.29, 1.82) is 0 Å². The van der Waals surface area contributed by atoms with Gasteiger partial charge in [0.2, 0.25) is 17.7 Å². The molecule has 2 saturated heterocycles. The van der Waals surface area contributed by atoms with Crippen molar-refractivity contribution >= 4 is 41.0 Å². The van der Waals surface area contributed by atoms with Gasteiger partial charge in [-0.15, -0.1) is 0 Å². The maximum absolute atomic E-state index is 13.4. The van der Waals surface area contributed by atoms with Crippen molar-refractivity contribution in [2.75, 3.05) is 5.32 Å². The van der Waals surface area contributed by atoms with E-state index in [1.54, 1.807) is 25.1 Å². The van der Waals surface area contributed by atoms with Crippen LogP contribution in [0, 0.1) is 11.8 Å². The average Bonchev–Trinajstić information content (AvgIpc) is 3.25. The van der Waals surface area contributed by atoms with E-state index in [0.29, 0.717) is 22.7 Å². The van der Waals surface area contributed by atoms with Crippen LogP contribution >= 0.6 is 11.6 Å². The van der Waals surface area contributed by atoms with E-state index in [9.17, 15) is 19.2 Å². The van der Waals surface area contributed by atoms with E-state index in [4.69, 9.17) is 16.7 Å². The summed E-state index contributed by atoms with van der Waals surface area (Å²) in [5, 5.41) is 15.5. The molecule has 0 radical (unpaired) electrons.